The topological polar surface area (TPSA) is 59.5 Å². The van der Waals surface area contributed by atoms with Crippen molar-refractivity contribution < 1.29 is 4.90 Å². The van der Waals surface area contributed by atoms with E-state index in [1.54, 1.807) is 11.9 Å². The summed E-state index contributed by atoms with van der Waals surface area (Å²) in [4.78, 5) is 12.2. The van der Waals surface area contributed by atoms with Crippen molar-refractivity contribution in [3.63, 3.8) is 0 Å². The minimum Gasteiger partial charge on any atom is -0.382 e. The molecule has 0 radical (unpaired) electrons. The Bertz CT molecular complexity index is 899. The Morgan fingerprint density at radius 2 is 2.17 bits per heavy atom. The average Bonchev–Trinajstić information content (AvgIpc) is 3.05. The van der Waals surface area contributed by atoms with Gasteiger partial charge in [-0.15, -0.1) is 0 Å². The Morgan fingerprint density at radius 3 is 2.97 bits per heavy atom. The molecule has 4 rings (SSSR count). The zero-order valence-corrected chi connectivity index (χ0v) is 19.3. The Hall–Kier alpha value is -2.14. The van der Waals surface area contributed by atoms with Gasteiger partial charge in [-0.2, -0.15) is 4.98 Å². The number of hydrogen-bond acceptors (Lipinski definition) is 4. The maximum atomic E-state index is 6.16. The van der Waals surface area contributed by atoms with Crippen molar-refractivity contribution in [3.05, 3.63) is 41.3 Å². The van der Waals surface area contributed by atoms with E-state index in [1.165, 1.54) is 41.7 Å². The van der Waals surface area contributed by atoms with Crippen LogP contribution in [0.15, 0.2) is 41.3 Å². The standard InChI is InChI=1S/C25H37N5/c1-17(12-14-30-16-29(5)24-22(30)23(26)27-15-28-24)11-13-25(4)19(3)9-10-20-18(2)7-6-8-21(20)25/h7,10,12,15,19,21H,6,8-9,11,13-14,16H2,1-5H3,(H2,26,27,28)/p+1/b17-12+/t19-,21+,25+/m1/s1. The Balaban J connectivity index is 1.43. The Labute approximate surface area is 181 Å². The minimum absolute atomic E-state index is 0.386. The molecule has 0 amide bonds. The monoisotopic (exact) mass is 408 g/mol. The number of aromatic nitrogens is 2. The van der Waals surface area contributed by atoms with Gasteiger partial charge in [-0.25, -0.2) is 4.98 Å². The molecular formula is C25H38N5+. The van der Waals surface area contributed by atoms with Crippen molar-refractivity contribution in [2.24, 2.45) is 17.3 Å². The van der Waals surface area contributed by atoms with Gasteiger partial charge in [0.2, 0.25) is 0 Å². The molecule has 0 spiro atoms. The van der Waals surface area contributed by atoms with Crippen LogP contribution in [0.4, 0.5) is 17.3 Å². The largest absolute Gasteiger partial charge is 0.382 e. The second-order valence-electron chi connectivity index (χ2n) is 9.99. The van der Waals surface area contributed by atoms with E-state index < -0.39 is 0 Å². The van der Waals surface area contributed by atoms with E-state index in [9.17, 15) is 0 Å². The molecule has 0 saturated heterocycles. The lowest BCUT2D eigenvalue weighted by Crippen LogP contribution is -3.03. The van der Waals surface area contributed by atoms with Crippen LogP contribution < -0.4 is 15.5 Å². The van der Waals surface area contributed by atoms with Gasteiger partial charge in [-0.1, -0.05) is 43.2 Å². The van der Waals surface area contributed by atoms with Gasteiger partial charge in [0.1, 0.15) is 6.33 Å². The second-order valence-corrected chi connectivity index (χ2v) is 9.99. The maximum absolute atomic E-state index is 6.16. The number of nitrogens with two attached hydrogens (primary N) is 1. The Morgan fingerprint density at radius 1 is 1.37 bits per heavy atom. The zero-order valence-electron chi connectivity index (χ0n) is 19.3. The van der Waals surface area contributed by atoms with Crippen LogP contribution in [0, 0.1) is 17.3 Å². The molecule has 2 aliphatic carbocycles. The molecular weight excluding hydrogens is 370 g/mol. The summed E-state index contributed by atoms with van der Waals surface area (Å²) in [6.07, 6.45) is 15.1. The lowest BCUT2D eigenvalue weighted by atomic mass is 9.56. The first kappa shape index (κ1) is 21.1. The van der Waals surface area contributed by atoms with Crippen LogP contribution in [0.3, 0.4) is 0 Å². The van der Waals surface area contributed by atoms with Gasteiger partial charge in [0.25, 0.3) is 5.82 Å². The van der Waals surface area contributed by atoms with E-state index in [0.717, 1.165) is 43.0 Å². The highest BCUT2D eigenvalue weighted by Crippen LogP contribution is 2.53. The summed E-state index contributed by atoms with van der Waals surface area (Å²) in [6, 6.07) is 0. The number of nitrogens with zero attached hydrogens (tertiary/aromatic N) is 3. The molecule has 5 nitrogen and oxygen atoms in total. The summed E-state index contributed by atoms with van der Waals surface area (Å²) < 4.78 is 0. The van der Waals surface area contributed by atoms with Crippen molar-refractivity contribution >= 4 is 17.3 Å². The van der Waals surface area contributed by atoms with Crippen molar-refractivity contribution in [2.45, 2.75) is 59.8 Å². The molecule has 0 fully saturated rings. The summed E-state index contributed by atoms with van der Waals surface area (Å²) in [5.41, 5.74) is 12.2. The number of quaternary nitrogens is 1. The van der Waals surface area contributed by atoms with Gasteiger partial charge in [0.05, 0.1) is 7.05 Å². The molecule has 4 atom stereocenters. The number of allylic oxidation sites excluding steroid dienone is 5. The van der Waals surface area contributed by atoms with Crippen molar-refractivity contribution in [1.82, 2.24) is 9.97 Å². The van der Waals surface area contributed by atoms with E-state index in [-0.39, 0.29) is 0 Å². The van der Waals surface area contributed by atoms with E-state index in [2.05, 4.69) is 67.8 Å². The molecule has 1 unspecified atom stereocenters. The SMILES string of the molecule is CC1=CCC[C@H]2C1=CC[C@@H](C)[C@]2(C)CC/C(C)=C/CN1C[NH+](C)c2ncnc(N)c21. The van der Waals surface area contributed by atoms with Crippen LogP contribution in [0.2, 0.25) is 0 Å². The average molecular weight is 409 g/mol. The maximum Gasteiger partial charge on any atom is 0.256 e. The lowest BCUT2D eigenvalue weighted by Gasteiger charge is -2.48. The molecule has 5 heteroatoms. The van der Waals surface area contributed by atoms with E-state index in [0.29, 0.717) is 11.2 Å². The highest BCUT2D eigenvalue weighted by Gasteiger charge is 2.43. The fourth-order valence-corrected chi connectivity index (χ4v) is 5.79. The fourth-order valence-electron chi connectivity index (χ4n) is 5.79. The first-order valence-corrected chi connectivity index (χ1v) is 11.5. The Kier molecular flexibility index (Phi) is 5.75. The lowest BCUT2D eigenvalue weighted by molar-refractivity contribution is -0.805. The quantitative estimate of drug-likeness (QED) is 0.722. The number of rotatable bonds is 5. The predicted octanol–water partition coefficient (Wildman–Crippen LogP) is 4.04. The first-order chi connectivity index (χ1) is 14.3. The molecule has 162 valence electrons. The van der Waals surface area contributed by atoms with Crippen LogP contribution >= 0.6 is 0 Å². The predicted molar refractivity (Wildman–Crippen MR) is 125 cm³/mol. The van der Waals surface area contributed by atoms with Crippen molar-refractivity contribution in [3.8, 4) is 0 Å². The molecule has 1 aliphatic heterocycles. The number of nitrogens with one attached hydrogen (secondary N) is 1. The summed E-state index contributed by atoms with van der Waals surface area (Å²) in [5.74, 6) is 3.06. The van der Waals surface area contributed by atoms with Crippen molar-refractivity contribution in [1.29, 1.82) is 0 Å². The summed E-state index contributed by atoms with van der Waals surface area (Å²) in [7, 11) is 2.14. The third-order valence-corrected chi connectivity index (χ3v) is 8.07. The summed E-state index contributed by atoms with van der Waals surface area (Å²) >= 11 is 0. The normalized spacial score (nSPS) is 31.2. The van der Waals surface area contributed by atoms with E-state index in [1.807, 2.05) is 0 Å². The van der Waals surface area contributed by atoms with Gasteiger partial charge in [-0.05, 0) is 68.8 Å². The summed E-state index contributed by atoms with van der Waals surface area (Å²) in [5, 5.41) is 0. The van der Waals surface area contributed by atoms with Crippen LogP contribution in [-0.4, -0.2) is 30.2 Å². The molecule has 0 bridgehead atoms. The van der Waals surface area contributed by atoms with Gasteiger partial charge in [0, 0.05) is 6.54 Å². The smallest absolute Gasteiger partial charge is 0.256 e. The molecule has 3 N–H and O–H groups in total. The molecule has 0 saturated carbocycles. The van der Waals surface area contributed by atoms with Gasteiger partial charge < -0.3 is 10.6 Å². The van der Waals surface area contributed by atoms with Crippen LogP contribution in [0.5, 0.6) is 0 Å². The van der Waals surface area contributed by atoms with Crippen LogP contribution in [-0.2, 0) is 0 Å². The van der Waals surface area contributed by atoms with Crippen LogP contribution in [0.25, 0.3) is 0 Å². The molecule has 3 aliphatic rings. The number of anilines is 2. The molecule has 30 heavy (non-hydrogen) atoms. The van der Waals surface area contributed by atoms with Crippen LogP contribution in [0.1, 0.15) is 59.8 Å². The summed E-state index contributed by atoms with van der Waals surface area (Å²) in [6.45, 7) is 11.4. The first-order valence-electron chi connectivity index (χ1n) is 11.5. The highest BCUT2D eigenvalue weighted by molar-refractivity contribution is 5.73. The molecule has 1 aromatic heterocycles. The van der Waals surface area contributed by atoms with Crippen molar-refractivity contribution in [2.75, 3.05) is 30.9 Å². The second kappa shape index (κ2) is 8.18. The minimum atomic E-state index is 0.386. The van der Waals surface area contributed by atoms with Gasteiger partial charge in [-0.3, -0.25) is 4.90 Å². The van der Waals surface area contributed by atoms with E-state index in [4.69, 9.17) is 5.73 Å². The molecule has 2 heterocycles. The number of nitrogen functional groups attached to an aromatic ring is 1. The highest BCUT2D eigenvalue weighted by atomic mass is 15.4. The molecule has 1 aromatic rings. The third kappa shape index (κ3) is 3.68. The van der Waals surface area contributed by atoms with E-state index >= 15 is 0 Å². The van der Waals surface area contributed by atoms with Gasteiger partial charge in [0.15, 0.2) is 18.2 Å². The third-order valence-electron chi connectivity index (χ3n) is 8.07. The number of fused-ring (bicyclic) bond motifs is 2. The van der Waals surface area contributed by atoms with Gasteiger partial charge >= 0.3 is 0 Å². The number of hydrogen-bond donors (Lipinski definition) is 2. The fraction of sp³-hybridized carbons (Fsp3) is 0.600. The zero-order chi connectivity index (χ0) is 21.5. The molecule has 0 aromatic carbocycles.